The number of hydrogen-bond donors (Lipinski definition) is 3. The van der Waals surface area contributed by atoms with E-state index < -0.39 is 5.79 Å². The fourth-order valence-corrected chi connectivity index (χ4v) is 4.49. The average Bonchev–Trinajstić information content (AvgIpc) is 2.87. The number of benzene rings is 2. The van der Waals surface area contributed by atoms with E-state index in [1.54, 1.807) is 20.4 Å². The maximum atomic E-state index is 6.79. The maximum absolute atomic E-state index is 6.79. The Balaban J connectivity index is 1.53. The summed E-state index contributed by atoms with van der Waals surface area (Å²) in [5.41, 5.74) is 10.8. The lowest BCUT2D eigenvalue weighted by Gasteiger charge is -2.33. The Hall–Kier alpha value is -3.27. The van der Waals surface area contributed by atoms with E-state index >= 15 is 0 Å². The van der Waals surface area contributed by atoms with Crippen LogP contribution in [-0.2, 0) is 5.79 Å². The SMILES string of the molecule is COc1cc(C2(N)N=CC=C(Nc3c(C)cccc3C)N2)cc(OCCN2CCN(C)CC2)c1OC. The predicted molar refractivity (Wildman–Crippen MR) is 144 cm³/mol. The second-order valence-corrected chi connectivity index (χ2v) is 9.34. The highest BCUT2D eigenvalue weighted by Crippen LogP contribution is 2.41. The van der Waals surface area contributed by atoms with Gasteiger partial charge < -0.3 is 29.7 Å². The van der Waals surface area contributed by atoms with Gasteiger partial charge >= 0.3 is 0 Å². The summed E-state index contributed by atoms with van der Waals surface area (Å²) in [6.45, 7) is 9.71. The number of aliphatic imine (C=N–C) groups is 1. The molecule has 4 N–H and O–H groups in total. The van der Waals surface area contributed by atoms with Crippen LogP contribution in [0, 0.1) is 13.8 Å². The predicted octanol–water partition coefficient (Wildman–Crippen LogP) is 2.64. The molecule has 36 heavy (non-hydrogen) atoms. The van der Waals surface area contributed by atoms with E-state index in [9.17, 15) is 0 Å². The van der Waals surface area contributed by atoms with Crippen LogP contribution in [0.2, 0.25) is 0 Å². The number of hydrogen-bond acceptors (Lipinski definition) is 9. The van der Waals surface area contributed by atoms with Gasteiger partial charge in [-0.3, -0.25) is 10.6 Å². The number of methoxy groups -OCH3 is 2. The molecule has 0 saturated carbocycles. The molecule has 2 aromatic rings. The van der Waals surface area contributed by atoms with Crippen molar-refractivity contribution in [3.63, 3.8) is 0 Å². The van der Waals surface area contributed by atoms with Crippen LogP contribution in [0.3, 0.4) is 0 Å². The first-order valence-corrected chi connectivity index (χ1v) is 12.3. The largest absolute Gasteiger partial charge is 0.493 e. The molecule has 0 bridgehead atoms. The molecule has 1 unspecified atom stereocenters. The minimum Gasteiger partial charge on any atom is -0.493 e. The Labute approximate surface area is 213 Å². The summed E-state index contributed by atoms with van der Waals surface area (Å²) < 4.78 is 17.5. The zero-order valence-corrected chi connectivity index (χ0v) is 21.9. The van der Waals surface area contributed by atoms with Crippen LogP contribution >= 0.6 is 0 Å². The number of nitrogens with zero attached hydrogens (tertiary/aromatic N) is 3. The lowest BCUT2D eigenvalue weighted by Crippen LogP contribution is -2.51. The molecule has 0 radical (unpaired) electrons. The molecule has 4 rings (SSSR count). The Morgan fingerprint density at radius 1 is 1.06 bits per heavy atom. The molecule has 2 aliphatic heterocycles. The Kier molecular flexibility index (Phi) is 8.03. The summed E-state index contributed by atoms with van der Waals surface area (Å²) in [4.78, 5) is 9.30. The third-order valence-electron chi connectivity index (χ3n) is 6.73. The number of aryl methyl sites for hydroxylation is 2. The maximum Gasteiger partial charge on any atom is 0.210 e. The van der Waals surface area contributed by atoms with Gasteiger partial charge in [0.2, 0.25) is 11.5 Å². The van der Waals surface area contributed by atoms with Crippen molar-refractivity contribution in [2.24, 2.45) is 10.7 Å². The van der Waals surface area contributed by atoms with Crippen molar-refractivity contribution in [1.29, 1.82) is 0 Å². The number of nitrogens with one attached hydrogen (secondary N) is 2. The number of likely N-dealkylation sites (N-methyl/N-ethyl adjacent to an activating group) is 1. The summed E-state index contributed by atoms with van der Waals surface area (Å²) >= 11 is 0. The molecule has 9 heteroatoms. The fourth-order valence-electron chi connectivity index (χ4n) is 4.49. The molecule has 2 heterocycles. The highest BCUT2D eigenvalue weighted by molar-refractivity contribution is 5.76. The van der Waals surface area contributed by atoms with Crippen molar-refractivity contribution >= 4 is 11.9 Å². The van der Waals surface area contributed by atoms with Gasteiger partial charge in [-0.15, -0.1) is 0 Å². The molecule has 1 saturated heterocycles. The number of nitrogens with two attached hydrogens (primary N) is 1. The summed E-state index contributed by atoms with van der Waals surface area (Å²) in [7, 11) is 5.36. The lowest BCUT2D eigenvalue weighted by atomic mass is 10.1. The van der Waals surface area contributed by atoms with E-state index in [1.165, 1.54) is 0 Å². The monoisotopic (exact) mass is 494 g/mol. The van der Waals surface area contributed by atoms with Crippen molar-refractivity contribution < 1.29 is 14.2 Å². The van der Waals surface area contributed by atoms with Crippen LogP contribution in [0.1, 0.15) is 16.7 Å². The van der Waals surface area contributed by atoms with Crippen molar-refractivity contribution in [3.05, 3.63) is 58.9 Å². The van der Waals surface area contributed by atoms with Crippen LogP contribution < -0.4 is 30.6 Å². The van der Waals surface area contributed by atoms with E-state index in [0.29, 0.717) is 29.4 Å². The van der Waals surface area contributed by atoms with Crippen LogP contribution in [-0.4, -0.2) is 76.6 Å². The lowest BCUT2D eigenvalue weighted by molar-refractivity contribution is 0.132. The molecular formula is C27H38N6O3. The zero-order chi connectivity index (χ0) is 25.7. The molecule has 194 valence electrons. The second kappa shape index (κ2) is 11.2. The molecule has 9 nitrogen and oxygen atoms in total. The number of ether oxygens (including phenoxy) is 3. The molecule has 0 aliphatic carbocycles. The van der Waals surface area contributed by atoms with Crippen molar-refractivity contribution in [1.82, 2.24) is 15.1 Å². The third kappa shape index (κ3) is 5.75. The van der Waals surface area contributed by atoms with E-state index in [2.05, 4.69) is 58.5 Å². The second-order valence-electron chi connectivity index (χ2n) is 9.34. The molecule has 1 atom stereocenters. The van der Waals surface area contributed by atoms with Crippen LogP contribution in [0.15, 0.2) is 47.2 Å². The highest BCUT2D eigenvalue weighted by Gasteiger charge is 2.32. The smallest absolute Gasteiger partial charge is 0.210 e. The Morgan fingerprint density at radius 2 is 1.75 bits per heavy atom. The number of allylic oxidation sites excluding steroid dienone is 1. The Morgan fingerprint density at radius 3 is 2.42 bits per heavy atom. The first-order valence-electron chi connectivity index (χ1n) is 12.3. The molecular weight excluding hydrogens is 456 g/mol. The van der Waals surface area contributed by atoms with E-state index in [4.69, 9.17) is 19.9 Å². The van der Waals surface area contributed by atoms with Gasteiger partial charge in [0.25, 0.3) is 0 Å². The molecule has 0 amide bonds. The van der Waals surface area contributed by atoms with E-state index in [-0.39, 0.29) is 0 Å². The third-order valence-corrected chi connectivity index (χ3v) is 6.73. The van der Waals surface area contributed by atoms with Gasteiger partial charge in [0.05, 0.1) is 14.2 Å². The number of anilines is 1. The van der Waals surface area contributed by atoms with Crippen molar-refractivity contribution in [2.45, 2.75) is 19.6 Å². The van der Waals surface area contributed by atoms with Crippen LogP contribution in [0.4, 0.5) is 5.69 Å². The number of piperazine rings is 1. The molecule has 0 aromatic heterocycles. The van der Waals surface area contributed by atoms with Crippen LogP contribution in [0.25, 0.3) is 0 Å². The van der Waals surface area contributed by atoms with Gasteiger partial charge in [-0.05, 0) is 50.2 Å². The van der Waals surface area contributed by atoms with E-state index in [0.717, 1.165) is 55.4 Å². The molecule has 2 aliphatic rings. The van der Waals surface area contributed by atoms with Gasteiger partial charge in [0.1, 0.15) is 12.4 Å². The highest BCUT2D eigenvalue weighted by atomic mass is 16.5. The molecule has 1 fully saturated rings. The van der Waals surface area contributed by atoms with Gasteiger partial charge in [0.15, 0.2) is 11.5 Å². The van der Waals surface area contributed by atoms with Gasteiger partial charge in [-0.2, -0.15) is 0 Å². The number of para-hydroxylation sites is 1. The standard InChI is InChI=1S/C27H38N6O3/c1-19-7-6-8-20(2)25(19)30-24-9-10-29-27(28,31-24)21-17-22(34-4)26(35-5)23(18-21)36-16-15-33-13-11-32(3)12-14-33/h6-10,17-18,30-31H,11-16,28H2,1-5H3. The summed E-state index contributed by atoms with van der Waals surface area (Å²) in [5, 5.41) is 6.81. The Bertz CT molecular complexity index is 1110. The quantitative estimate of drug-likeness (QED) is 0.490. The van der Waals surface area contributed by atoms with E-state index in [1.807, 2.05) is 24.3 Å². The van der Waals surface area contributed by atoms with Gasteiger partial charge in [-0.1, -0.05) is 18.2 Å². The first-order chi connectivity index (χ1) is 17.3. The summed E-state index contributed by atoms with van der Waals surface area (Å²) in [6, 6.07) is 9.89. The minimum absolute atomic E-state index is 0.528. The fraction of sp³-hybridized carbons (Fsp3) is 0.444. The topological polar surface area (TPSA) is 96.6 Å². The van der Waals surface area contributed by atoms with Crippen molar-refractivity contribution in [3.8, 4) is 17.2 Å². The van der Waals surface area contributed by atoms with Gasteiger partial charge in [0, 0.05) is 50.2 Å². The molecule has 2 aromatic carbocycles. The molecule has 0 spiro atoms. The first kappa shape index (κ1) is 25.8. The average molecular weight is 495 g/mol. The minimum atomic E-state index is -1.22. The normalized spacial score (nSPS) is 20.4. The summed E-state index contributed by atoms with van der Waals surface area (Å²) in [5.74, 6) is 1.17. The van der Waals surface area contributed by atoms with Crippen molar-refractivity contribution in [2.75, 3.05) is 65.9 Å². The van der Waals surface area contributed by atoms with Crippen LogP contribution in [0.5, 0.6) is 17.2 Å². The summed E-state index contributed by atoms with van der Waals surface area (Å²) in [6.07, 6.45) is 3.57. The van der Waals surface area contributed by atoms with Gasteiger partial charge in [-0.25, -0.2) is 4.99 Å². The zero-order valence-electron chi connectivity index (χ0n) is 21.9. The number of rotatable bonds is 9.